The average Bonchev–Trinajstić information content (AvgIpc) is 3.00. The fourth-order valence-electron chi connectivity index (χ4n) is 3.94. The molecule has 29 heavy (non-hydrogen) atoms. The fourth-order valence-corrected chi connectivity index (χ4v) is 4.97. The molecule has 1 saturated heterocycles. The van der Waals surface area contributed by atoms with E-state index in [1.807, 2.05) is 23.1 Å². The van der Waals surface area contributed by atoms with Crippen molar-refractivity contribution in [2.45, 2.75) is 39.2 Å². The summed E-state index contributed by atoms with van der Waals surface area (Å²) in [4.78, 5) is 18.4. The summed E-state index contributed by atoms with van der Waals surface area (Å²) in [6, 6.07) is 19.3. The summed E-state index contributed by atoms with van der Waals surface area (Å²) in [5.74, 6) is 0.183. The molecule has 0 saturated carbocycles. The topological polar surface area (TPSA) is 23.6 Å². The Labute approximate surface area is 178 Å². The highest BCUT2D eigenvalue weighted by Crippen LogP contribution is 2.27. The van der Waals surface area contributed by atoms with Gasteiger partial charge in [0.05, 0.1) is 4.88 Å². The van der Waals surface area contributed by atoms with Gasteiger partial charge in [-0.3, -0.25) is 9.69 Å². The van der Waals surface area contributed by atoms with E-state index in [1.165, 1.54) is 15.8 Å². The van der Waals surface area contributed by atoms with E-state index in [1.54, 1.807) is 11.3 Å². The second kappa shape index (κ2) is 8.29. The second-order valence-corrected chi connectivity index (χ2v) is 10.1. The summed E-state index contributed by atoms with van der Waals surface area (Å²) in [7, 11) is 0. The largest absolute Gasteiger partial charge is 0.337 e. The highest BCUT2D eigenvalue weighted by Gasteiger charge is 2.22. The SMILES string of the molecule is CC(C)(C)c1ccc(CN2CCCN(C(=O)c3cc4ccccc4s3)CC2)cc1. The minimum atomic E-state index is 0.183. The van der Waals surface area contributed by atoms with Crippen molar-refractivity contribution in [3.8, 4) is 0 Å². The number of carbonyl (C=O) groups excluding carboxylic acids is 1. The van der Waals surface area contributed by atoms with Gasteiger partial charge in [-0.25, -0.2) is 0 Å². The maximum absolute atomic E-state index is 13.0. The number of amides is 1. The zero-order valence-electron chi connectivity index (χ0n) is 17.6. The van der Waals surface area contributed by atoms with E-state index in [9.17, 15) is 4.79 Å². The third-order valence-corrected chi connectivity index (χ3v) is 6.84. The van der Waals surface area contributed by atoms with E-state index >= 15 is 0 Å². The van der Waals surface area contributed by atoms with Gasteiger partial charge < -0.3 is 4.90 Å². The smallest absolute Gasteiger partial charge is 0.264 e. The molecule has 0 unspecified atom stereocenters. The molecule has 1 fully saturated rings. The van der Waals surface area contributed by atoms with Gasteiger partial charge in [-0.1, -0.05) is 63.2 Å². The number of hydrogen-bond donors (Lipinski definition) is 0. The molecule has 0 radical (unpaired) electrons. The number of nitrogens with zero attached hydrogens (tertiary/aromatic N) is 2. The van der Waals surface area contributed by atoms with Crippen LogP contribution >= 0.6 is 11.3 Å². The van der Waals surface area contributed by atoms with Gasteiger partial charge in [0, 0.05) is 37.4 Å². The van der Waals surface area contributed by atoms with Gasteiger partial charge in [-0.15, -0.1) is 11.3 Å². The minimum Gasteiger partial charge on any atom is -0.337 e. The summed E-state index contributed by atoms with van der Waals surface area (Å²) in [6.45, 7) is 11.3. The quantitative estimate of drug-likeness (QED) is 0.569. The lowest BCUT2D eigenvalue weighted by Crippen LogP contribution is -2.34. The monoisotopic (exact) mass is 406 g/mol. The van der Waals surface area contributed by atoms with Gasteiger partial charge in [-0.2, -0.15) is 0 Å². The molecule has 1 aromatic heterocycles. The molecule has 152 valence electrons. The van der Waals surface area contributed by atoms with Crippen molar-refractivity contribution in [3.63, 3.8) is 0 Å². The molecule has 0 bridgehead atoms. The number of fused-ring (bicyclic) bond motifs is 1. The molecular formula is C25H30N2OS. The van der Waals surface area contributed by atoms with Crippen LogP contribution in [0, 0.1) is 0 Å². The first kappa shape index (κ1) is 20.1. The van der Waals surface area contributed by atoms with Gasteiger partial charge in [0.15, 0.2) is 0 Å². The van der Waals surface area contributed by atoms with Crippen molar-refractivity contribution < 1.29 is 4.79 Å². The van der Waals surface area contributed by atoms with E-state index < -0.39 is 0 Å². The molecule has 0 aliphatic carbocycles. The van der Waals surface area contributed by atoms with Crippen LogP contribution in [0.1, 0.15) is 48.0 Å². The summed E-state index contributed by atoms with van der Waals surface area (Å²) >= 11 is 1.61. The molecule has 2 heterocycles. The molecule has 1 aliphatic rings. The van der Waals surface area contributed by atoms with Crippen molar-refractivity contribution in [1.82, 2.24) is 9.80 Å². The predicted molar refractivity (Wildman–Crippen MR) is 123 cm³/mol. The molecule has 4 heteroatoms. The van der Waals surface area contributed by atoms with Crippen LogP contribution in [0.25, 0.3) is 10.1 Å². The molecule has 4 rings (SSSR count). The second-order valence-electron chi connectivity index (χ2n) is 9.02. The van der Waals surface area contributed by atoms with Crippen LogP contribution in [-0.4, -0.2) is 41.9 Å². The van der Waals surface area contributed by atoms with E-state index in [4.69, 9.17) is 0 Å². The summed E-state index contributed by atoms with van der Waals surface area (Å²) < 4.78 is 1.19. The molecule has 3 aromatic rings. The van der Waals surface area contributed by atoms with Gasteiger partial charge in [-0.05, 0) is 40.5 Å². The Morgan fingerprint density at radius 2 is 1.72 bits per heavy atom. The zero-order valence-corrected chi connectivity index (χ0v) is 18.5. The van der Waals surface area contributed by atoms with Crippen LogP contribution < -0.4 is 0 Å². The van der Waals surface area contributed by atoms with Crippen molar-refractivity contribution in [3.05, 3.63) is 70.6 Å². The summed E-state index contributed by atoms with van der Waals surface area (Å²) in [6.07, 6.45) is 1.02. The molecule has 0 spiro atoms. The van der Waals surface area contributed by atoms with Gasteiger partial charge in [0.2, 0.25) is 0 Å². The lowest BCUT2D eigenvalue weighted by molar-refractivity contribution is 0.0766. The summed E-state index contributed by atoms with van der Waals surface area (Å²) in [5, 5.41) is 1.16. The molecule has 1 amide bonds. The van der Waals surface area contributed by atoms with Crippen LogP contribution in [-0.2, 0) is 12.0 Å². The van der Waals surface area contributed by atoms with E-state index in [0.717, 1.165) is 49.4 Å². The van der Waals surface area contributed by atoms with Crippen LogP contribution in [0.3, 0.4) is 0 Å². The first-order valence-corrected chi connectivity index (χ1v) is 11.3. The van der Waals surface area contributed by atoms with Crippen LogP contribution in [0.5, 0.6) is 0 Å². The Morgan fingerprint density at radius 3 is 2.45 bits per heavy atom. The first-order chi connectivity index (χ1) is 13.9. The molecular weight excluding hydrogens is 376 g/mol. The zero-order chi connectivity index (χ0) is 20.4. The maximum Gasteiger partial charge on any atom is 0.264 e. The maximum atomic E-state index is 13.0. The van der Waals surface area contributed by atoms with Crippen LogP contribution in [0.15, 0.2) is 54.6 Å². The number of benzene rings is 2. The third kappa shape index (κ3) is 4.71. The van der Waals surface area contributed by atoms with Gasteiger partial charge in [0.25, 0.3) is 5.91 Å². The molecule has 0 N–H and O–H groups in total. The molecule has 0 atom stereocenters. The van der Waals surface area contributed by atoms with E-state index in [-0.39, 0.29) is 11.3 Å². The van der Waals surface area contributed by atoms with Crippen molar-refractivity contribution in [2.24, 2.45) is 0 Å². The lowest BCUT2D eigenvalue weighted by Gasteiger charge is -2.23. The minimum absolute atomic E-state index is 0.183. The summed E-state index contributed by atoms with van der Waals surface area (Å²) in [5.41, 5.74) is 2.91. The Hall–Kier alpha value is -2.17. The molecule has 1 aliphatic heterocycles. The van der Waals surface area contributed by atoms with Crippen molar-refractivity contribution in [2.75, 3.05) is 26.2 Å². The van der Waals surface area contributed by atoms with Crippen molar-refractivity contribution >= 4 is 27.3 Å². The molecule has 2 aromatic carbocycles. The first-order valence-electron chi connectivity index (χ1n) is 10.5. The van der Waals surface area contributed by atoms with E-state index in [2.05, 4.69) is 62.1 Å². The highest BCUT2D eigenvalue weighted by molar-refractivity contribution is 7.20. The van der Waals surface area contributed by atoms with Crippen molar-refractivity contribution in [1.29, 1.82) is 0 Å². The Balaban J connectivity index is 1.38. The number of rotatable bonds is 3. The Morgan fingerprint density at radius 1 is 0.966 bits per heavy atom. The Kier molecular flexibility index (Phi) is 5.75. The van der Waals surface area contributed by atoms with Gasteiger partial charge >= 0.3 is 0 Å². The normalized spacial score (nSPS) is 16.2. The average molecular weight is 407 g/mol. The predicted octanol–water partition coefficient (Wildman–Crippen LogP) is 5.55. The highest BCUT2D eigenvalue weighted by atomic mass is 32.1. The van der Waals surface area contributed by atoms with E-state index in [0.29, 0.717) is 0 Å². The molecule has 3 nitrogen and oxygen atoms in total. The van der Waals surface area contributed by atoms with Crippen LogP contribution in [0.4, 0.5) is 0 Å². The van der Waals surface area contributed by atoms with Gasteiger partial charge in [0.1, 0.15) is 0 Å². The number of hydrogen-bond acceptors (Lipinski definition) is 3. The third-order valence-electron chi connectivity index (χ3n) is 5.74. The van der Waals surface area contributed by atoms with Crippen LogP contribution in [0.2, 0.25) is 0 Å². The lowest BCUT2D eigenvalue weighted by atomic mass is 9.87. The standard InChI is InChI=1S/C25H30N2OS/c1-25(2,3)21-11-9-19(10-12-21)18-26-13-6-14-27(16-15-26)24(28)23-17-20-7-4-5-8-22(20)29-23/h4-5,7-12,17H,6,13-16,18H2,1-3H3. The fraction of sp³-hybridized carbons (Fsp3) is 0.400. The Bertz CT molecular complexity index is 951. The number of carbonyl (C=O) groups is 1. The number of thiophene rings is 1.